The number of fused-ring (bicyclic) bond motifs is 2. The quantitative estimate of drug-likeness (QED) is 0.359. The largest absolute Gasteiger partial charge is 0.506 e. The number of nitrogens with zero attached hydrogens (tertiary/aromatic N) is 4. The molecule has 0 aliphatic carbocycles. The number of halogens is 3. The highest BCUT2D eigenvalue weighted by atomic mass is 35.5. The number of aromatic nitrogens is 5. The second-order valence-electron chi connectivity index (χ2n) is 6.52. The number of nitrogens with one attached hydrogen (secondary N) is 1. The molecule has 6 nitrogen and oxygen atoms in total. The molecule has 5 rings (SSSR count). The van der Waals surface area contributed by atoms with Crippen molar-refractivity contribution in [2.45, 2.75) is 6.42 Å². The molecule has 4 aromatic heterocycles. The molecule has 0 aliphatic heterocycles. The Morgan fingerprint density at radius 2 is 1.83 bits per heavy atom. The van der Waals surface area contributed by atoms with Gasteiger partial charge in [0.2, 0.25) is 0 Å². The maximum Gasteiger partial charge on any atom is 0.179 e. The minimum atomic E-state index is -0.0307. The highest BCUT2D eigenvalue weighted by molar-refractivity contribution is 6.37. The number of rotatable bonds is 3. The van der Waals surface area contributed by atoms with E-state index in [1.165, 1.54) is 6.07 Å². The zero-order chi connectivity index (χ0) is 20.1. The summed E-state index contributed by atoms with van der Waals surface area (Å²) in [6.07, 6.45) is 2.41. The first-order valence-corrected chi connectivity index (χ1v) is 9.78. The summed E-state index contributed by atoms with van der Waals surface area (Å²) in [4.78, 5) is 16.6. The van der Waals surface area contributed by atoms with Crippen LogP contribution < -0.4 is 0 Å². The van der Waals surface area contributed by atoms with Gasteiger partial charge in [0.25, 0.3) is 0 Å². The van der Waals surface area contributed by atoms with Crippen LogP contribution in [0.15, 0.2) is 48.7 Å². The van der Waals surface area contributed by atoms with Gasteiger partial charge in [-0.2, -0.15) is 0 Å². The highest BCUT2D eigenvalue weighted by Gasteiger charge is 2.14. The number of H-pyrrole nitrogens is 1. The third-order valence-corrected chi connectivity index (χ3v) is 5.39. The molecule has 0 aliphatic rings. The first-order valence-electron chi connectivity index (χ1n) is 8.64. The van der Waals surface area contributed by atoms with Crippen LogP contribution in [0.5, 0.6) is 5.75 Å². The molecule has 0 saturated carbocycles. The van der Waals surface area contributed by atoms with E-state index in [-0.39, 0.29) is 10.8 Å². The molecule has 0 radical (unpaired) electrons. The van der Waals surface area contributed by atoms with Crippen molar-refractivity contribution in [2.75, 3.05) is 0 Å². The molecular formula is C20H12Cl3N5O. The van der Waals surface area contributed by atoms with Gasteiger partial charge in [-0.15, -0.1) is 0 Å². The smallest absolute Gasteiger partial charge is 0.179 e. The molecule has 144 valence electrons. The summed E-state index contributed by atoms with van der Waals surface area (Å²) in [5, 5.41) is 11.0. The van der Waals surface area contributed by atoms with Gasteiger partial charge in [0.1, 0.15) is 22.4 Å². The average molecular weight is 445 g/mol. The summed E-state index contributed by atoms with van der Waals surface area (Å²) in [6.45, 7) is 0. The predicted molar refractivity (Wildman–Crippen MR) is 114 cm³/mol. The summed E-state index contributed by atoms with van der Waals surface area (Å²) in [7, 11) is 0. The average Bonchev–Trinajstić information content (AvgIpc) is 3.27. The summed E-state index contributed by atoms with van der Waals surface area (Å²) in [5.74, 6) is 0.707. The van der Waals surface area contributed by atoms with Crippen LogP contribution in [-0.2, 0) is 6.42 Å². The minimum Gasteiger partial charge on any atom is -0.506 e. The fraction of sp³-hybridized carbons (Fsp3) is 0.0500. The molecule has 0 amide bonds. The molecule has 0 spiro atoms. The van der Waals surface area contributed by atoms with E-state index in [1.807, 2.05) is 34.9 Å². The molecule has 0 atom stereocenters. The van der Waals surface area contributed by atoms with E-state index in [0.29, 0.717) is 27.8 Å². The highest BCUT2D eigenvalue weighted by Crippen LogP contribution is 2.36. The zero-order valence-electron chi connectivity index (χ0n) is 14.7. The van der Waals surface area contributed by atoms with Gasteiger partial charge in [-0.05, 0) is 36.4 Å². The van der Waals surface area contributed by atoms with Crippen molar-refractivity contribution in [1.82, 2.24) is 24.3 Å². The molecule has 2 N–H and O–H groups in total. The van der Waals surface area contributed by atoms with Crippen LogP contribution in [0.25, 0.3) is 28.1 Å². The molecule has 0 fully saturated rings. The maximum atomic E-state index is 10.0. The van der Waals surface area contributed by atoms with Gasteiger partial charge in [0.05, 0.1) is 26.9 Å². The van der Waals surface area contributed by atoms with Crippen molar-refractivity contribution in [3.8, 4) is 17.0 Å². The van der Waals surface area contributed by atoms with E-state index < -0.39 is 0 Å². The Balaban J connectivity index is 1.57. The number of aromatic hydroxyl groups is 1. The van der Waals surface area contributed by atoms with Crippen LogP contribution in [0.4, 0.5) is 0 Å². The third kappa shape index (κ3) is 3.29. The normalized spacial score (nSPS) is 11.6. The molecule has 0 unspecified atom stereocenters. The van der Waals surface area contributed by atoms with Crippen LogP contribution in [0.2, 0.25) is 15.2 Å². The Morgan fingerprint density at radius 1 is 0.966 bits per heavy atom. The van der Waals surface area contributed by atoms with Gasteiger partial charge in [-0.1, -0.05) is 40.9 Å². The number of phenols is 1. The lowest BCUT2D eigenvalue weighted by Gasteiger charge is -2.09. The Kier molecular flexibility index (Phi) is 4.35. The summed E-state index contributed by atoms with van der Waals surface area (Å²) in [6, 6.07) is 12.3. The number of imidazole rings is 2. The third-order valence-electron chi connectivity index (χ3n) is 4.56. The Labute approximate surface area is 179 Å². The van der Waals surface area contributed by atoms with Gasteiger partial charge in [0, 0.05) is 18.2 Å². The van der Waals surface area contributed by atoms with Crippen LogP contribution in [-0.4, -0.2) is 29.4 Å². The van der Waals surface area contributed by atoms with Gasteiger partial charge >= 0.3 is 0 Å². The molecule has 5 aromatic rings. The number of hydrogen-bond donors (Lipinski definition) is 2. The second kappa shape index (κ2) is 6.91. The first-order chi connectivity index (χ1) is 14.0. The Bertz CT molecular complexity index is 1390. The van der Waals surface area contributed by atoms with Gasteiger partial charge < -0.3 is 10.1 Å². The number of phenolic OH excluding ortho intramolecular Hbond substituents is 1. The summed E-state index contributed by atoms with van der Waals surface area (Å²) < 4.78 is 1.92. The van der Waals surface area contributed by atoms with Crippen LogP contribution in [0, 0.1) is 0 Å². The van der Waals surface area contributed by atoms with Crippen molar-refractivity contribution >= 4 is 51.6 Å². The molecule has 29 heavy (non-hydrogen) atoms. The lowest BCUT2D eigenvalue weighted by molar-refractivity contribution is 0.476. The zero-order valence-corrected chi connectivity index (χ0v) is 17.0. The van der Waals surface area contributed by atoms with Gasteiger partial charge in [0.15, 0.2) is 5.65 Å². The number of pyridine rings is 2. The lowest BCUT2D eigenvalue weighted by Crippen LogP contribution is -1.92. The Hall–Kier alpha value is -2.80. The molecular weight excluding hydrogens is 433 g/mol. The minimum absolute atomic E-state index is 0.0307. The van der Waals surface area contributed by atoms with Gasteiger partial charge in [-0.25, -0.2) is 15.0 Å². The standard InChI is InChI=1S/C20H12Cl3N5O/c21-12-8-13(22)16(29)7-11(12)15-2-1-3-19-24-10(9-28(15)19)6-18-25-14-4-5-17(23)26-20(14)27-18/h1-5,7-9,29H,6H2,(H,25,26,27). The van der Waals surface area contributed by atoms with Crippen molar-refractivity contribution in [3.05, 3.63) is 75.4 Å². The fourth-order valence-corrected chi connectivity index (χ4v) is 3.90. The molecule has 4 heterocycles. The van der Waals surface area contributed by atoms with Gasteiger partial charge in [-0.3, -0.25) is 4.40 Å². The second-order valence-corrected chi connectivity index (χ2v) is 7.72. The number of hydrogen-bond acceptors (Lipinski definition) is 4. The SMILES string of the molecule is Oc1cc(-c2cccc3nc(Cc4nc5nc(Cl)ccc5[nH]4)cn23)c(Cl)cc1Cl. The fourth-order valence-electron chi connectivity index (χ4n) is 3.27. The predicted octanol–water partition coefficient (Wildman–Crippen LogP) is 5.53. The summed E-state index contributed by atoms with van der Waals surface area (Å²) >= 11 is 18.3. The molecule has 0 bridgehead atoms. The van der Waals surface area contributed by atoms with E-state index >= 15 is 0 Å². The first kappa shape index (κ1) is 18.2. The van der Waals surface area contributed by atoms with E-state index in [4.69, 9.17) is 34.8 Å². The van der Waals surface area contributed by atoms with Crippen molar-refractivity contribution in [3.63, 3.8) is 0 Å². The van der Waals surface area contributed by atoms with E-state index in [9.17, 15) is 5.11 Å². The number of benzene rings is 1. The maximum absolute atomic E-state index is 10.0. The number of aromatic amines is 1. The summed E-state index contributed by atoms with van der Waals surface area (Å²) in [5.41, 5.74) is 4.40. The van der Waals surface area contributed by atoms with Crippen LogP contribution in [0.1, 0.15) is 11.5 Å². The topological polar surface area (TPSA) is 79.1 Å². The van der Waals surface area contributed by atoms with E-state index in [2.05, 4.69) is 19.9 Å². The molecule has 1 aromatic carbocycles. The van der Waals surface area contributed by atoms with Crippen molar-refractivity contribution < 1.29 is 5.11 Å². The molecule has 9 heteroatoms. The van der Waals surface area contributed by atoms with E-state index in [1.54, 1.807) is 12.1 Å². The lowest BCUT2D eigenvalue weighted by atomic mass is 10.1. The Morgan fingerprint density at radius 3 is 2.69 bits per heavy atom. The van der Waals surface area contributed by atoms with Crippen LogP contribution >= 0.6 is 34.8 Å². The molecule has 0 saturated heterocycles. The van der Waals surface area contributed by atoms with Crippen LogP contribution in [0.3, 0.4) is 0 Å². The van der Waals surface area contributed by atoms with Crippen molar-refractivity contribution in [2.24, 2.45) is 0 Å². The van der Waals surface area contributed by atoms with Crippen molar-refractivity contribution in [1.29, 1.82) is 0 Å². The van der Waals surface area contributed by atoms with E-state index in [0.717, 1.165) is 28.4 Å². The monoisotopic (exact) mass is 443 g/mol.